The summed E-state index contributed by atoms with van der Waals surface area (Å²) in [6.45, 7) is 4.56. The van der Waals surface area contributed by atoms with Crippen molar-refractivity contribution in [1.82, 2.24) is 14.9 Å². The van der Waals surface area contributed by atoms with Crippen molar-refractivity contribution in [2.75, 3.05) is 6.54 Å². The van der Waals surface area contributed by atoms with Crippen LogP contribution in [0.2, 0.25) is 0 Å². The Morgan fingerprint density at radius 2 is 2.03 bits per heavy atom. The first-order valence-corrected chi connectivity index (χ1v) is 11.2. The number of pyridine rings is 1. The van der Waals surface area contributed by atoms with Gasteiger partial charge >= 0.3 is 0 Å². The molecule has 1 amide bonds. The molecule has 1 aliphatic heterocycles. The topological polar surface area (TPSA) is 59.2 Å². The molecule has 5 nitrogen and oxygen atoms in total. The number of thiazole rings is 1. The van der Waals surface area contributed by atoms with Gasteiger partial charge in [0.1, 0.15) is 17.3 Å². The van der Waals surface area contributed by atoms with Crippen LogP contribution in [-0.4, -0.2) is 27.3 Å². The molecule has 1 unspecified atom stereocenters. The second-order valence-corrected chi connectivity index (χ2v) is 9.32. The quantitative estimate of drug-likeness (QED) is 0.400. The third-order valence-corrected chi connectivity index (χ3v) is 7.02. The van der Waals surface area contributed by atoms with Gasteiger partial charge in [0.15, 0.2) is 0 Å². The highest BCUT2D eigenvalue weighted by atomic mass is 32.1. The van der Waals surface area contributed by atoms with Crippen molar-refractivity contribution in [3.63, 3.8) is 0 Å². The number of carbonyl (C=O) groups excluding carboxylic acids is 1. The average Bonchev–Trinajstić information content (AvgIpc) is 3.38. The van der Waals surface area contributed by atoms with Gasteiger partial charge < -0.3 is 9.32 Å². The number of piperidine rings is 1. The van der Waals surface area contributed by atoms with Gasteiger partial charge in [-0.15, -0.1) is 11.3 Å². The summed E-state index contributed by atoms with van der Waals surface area (Å²) in [5, 5.41) is 1.72. The number of furan rings is 1. The minimum atomic E-state index is -0.590. The first-order chi connectivity index (χ1) is 15.0. The lowest BCUT2D eigenvalue weighted by Gasteiger charge is -2.43. The molecule has 0 radical (unpaired) electrons. The molecule has 1 atom stereocenters. The molecule has 0 aliphatic carbocycles. The van der Waals surface area contributed by atoms with Crippen LogP contribution < -0.4 is 0 Å². The van der Waals surface area contributed by atoms with Gasteiger partial charge in [-0.1, -0.05) is 12.1 Å². The highest BCUT2D eigenvalue weighted by Gasteiger charge is 2.43. The van der Waals surface area contributed by atoms with Gasteiger partial charge in [-0.05, 0) is 69.0 Å². The van der Waals surface area contributed by atoms with E-state index in [1.807, 2.05) is 30.0 Å². The molecule has 4 aromatic rings. The molecule has 158 valence electrons. The average molecular weight is 436 g/mol. The summed E-state index contributed by atoms with van der Waals surface area (Å²) in [7, 11) is 0. The fourth-order valence-corrected chi connectivity index (χ4v) is 5.25. The Morgan fingerprint density at radius 3 is 2.81 bits per heavy atom. The molecule has 1 fully saturated rings. The normalized spacial score (nSPS) is 19.1. The number of halogens is 1. The maximum atomic E-state index is 13.8. The zero-order valence-corrected chi connectivity index (χ0v) is 18.2. The van der Waals surface area contributed by atoms with Crippen molar-refractivity contribution in [3.8, 4) is 10.4 Å². The van der Waals surface area contributed by atoms with Gasteiger partial charge in [0.2, 0.25) is 5.71 Å². The van der Waals surface area contributed by atoms with E-state index in [1.165, 1.54) is 23.5 Å². The molecule has 5 rings (SSSR count). The Balaban J connectivity index is 1.57. The molecular weight excluding hydrogens is 413 g/mol. The number of hydrogen-bond acceptors (Lipinski definition) is 5. The minimum absolute atomic E-state index is 0.126. The molecule has 7 heteroatoms. The van der Waals surface area contributed by atoms with Crippen LogP contribution in [0.25, 0.3) is 21.5 Å². The Hall–Kier alpha value is -3.06. The lowest BCUT2D eigenvalue weighted by Crippen LogP contribution is -2.50. The summed E-state index contributed by atoms with van der Waals surface area (Å²) < 4.78 is 19.5. The number of aromatic nitrogens is 2. The van der Waals surface area contributed by atoms with Crippen LogP contribution in [0.15, 0.2) is 53.1 Å². The van der Waals surface area contributed by atoms with E-state index in [4.69, 9.17) is 4.42 Å². The zero-order chi connectivity index (χ0) is 21.6. The maximum absolute atomic E-state index is 13.8. The fourth-order valence-electron chi connectivity index (χ4n) is 4.34. The number of nitrogens with zero attached hydrogens (tertiary/aromatic N) is 3. The van der Waals surface area contributed by atoms with E-state index in [0.717, 1.165) is 45.9 Å². The standard InChI is InChI=1S/C24H22FN3O2S/c1-15-27-20(21(31-15)16-7-9-18(25)10-8-16)23(29)28-13-4-3-11-24(28,2)19-14-17-6-5-12-26-22(17)30-19/h5-10,12,14H,3-4,11,13H2,1-2H3. The summed E-state index contributed by atoms with van der Waals surface area (Å²) >= 11 is 1.45. The first-order valence-electron chi connectivity index (χ1n) is 10.4. The van der Waals surface area contributed by atoms with E-state index in [-0.39, 0.29) is 11.7 Å². The van der Waals surface area contributed by atoms with Gasteiger partial charge in [-0.2, -0.15) is 0 Å². The second kappa shape index (κ2) is 7.57. The molecule has 31 heavy (non-hydrogen) atoms. The van der Waals surface area contributed by atoms with Crippen LogP contribution in [-0.2, 0) is 5.54 Å². The molecule has 4 heterocycles. The minimum Gasteiger partial charge on any atom is -0.440 e. The van der Waals surface area contributed by atoms with Crippen LogP contribution in [0.5, 0.6) is 0 Å². The number of hydrogen-bond donors (Lipinski definition) is 0. The predicted octanol–water partition coefficient (Wildman–Crippen LogP) is 5.94. The molecule has 3 aromatic heterocycles. The van der Waals surface area contributed by atoms with Gasteiger partial charge in [-0.25, -0.2) is 14.4 Å². The van der Waals surface area contributed by atoms with Crippen LogP contribution in [0.1, 0.15) is 47.4 Å². The highest BCUT2D eigenvalue weighted by Crippen LogP contribution is 2.41. The van der Waals surface area contributed by atoms with Crippen molar-refractivity contribution < 1.29 is 13.6 Å². The van der Waals surface area contributed by atoms with Crippen molar-refractivity contribution in [3.05, 3.63) is 70.9 Å². The molecule has 0 bridgehead atoms. The molecule has 0 N–H and O–H groups in total. The van der Waals surface area contributed by atoms with Crippen LogP contribution >= 0.6 is 11.3 Å². The third kappa shape index (κ3) is 3.43. The lowest BCUT2D eigenvalue weighted by molar-refractivity contribution is 0.0285. The fraction of sp³-hybridized carbons (Fsp3) is 0.292. The van der Waals surface area contributed by atoms with E-state index in [0.29, 0.717) is 18.0 Å². The van der Waals surface area contributed by atoms with Crippen LogP contribution in [0.3, 0.4) is 0 Å². The Bertz CT molecular complexity index is 1230. The highest BCUT2D eigenvalue weighted by molar-refractivity contribution is 7.15. The first kappa shape index (κ1) is 19.9. The van der Waals surface area contributed by atoms with Crippen molar-refractivity contribution in [2.24, 2.45) is 0 Å². The van der Waals surface area contributed by atoms with E-state index >= 15 is 0 Å². The van der Waals surface area contributed by atoms with E-state index < -0.39 is 5.54 Å². The molecule has 0 spiro atoms. The molecule has 1 saturated heterocycles. The molecule has 1 aromatic carbocycles. The second-order valence-electron chi connectivity index (χ2n) is 8.11. The van der Waals surface area contributed by atoms with Gasteiger partial charge in [0.25, 0.3) is 5.91 Å². The maximum Gasteiger partial charge on any atom is 0.274 e. The molecular formula is C24H22FN3O2S. The van der Waals surface area contributed by atoms with Crippen molar-refractivity contribution in [1.29, 1.82) is 0 Å². The number of fused-ring (bicyclic) bond motifs is 1. The van der Waals surface area contributed by atoms with Gasteiger partial charge in [0, 0.05) is 18.1 Å². The lowest BCUT2D eigenvalue weighted by atomic mass is 9.85. The smallest absolute Gasteiger partial charge is 0.274 e. The number of likely N-dealkylation sites (tertiary alicyclic amines) is 1. The summed E-state index contributed by atoms with van der Waals surface area (Å²) in [6, 6.07) is 12.0. The van der Waals surface area contributed by atoms with Gasteiger partial charge in [-0.3, -0.25) is 4.79 Å². The van der Waals surface area contributed by atoms with Crippen LogP contribution in [0, 0.1) is 12.7 Å². The van der Waals surface area contributed by atoms with E-state index in [1.54, 1.807) is 18.3 Å². The molecule has 0 saturated carbocycles. The third-order valence-electron chi connectivity index (χ3n) is 6.00. The van der Waals surface area contributed by atoms with E-state index in [9.17, 15) is 9.18 Å². The summed E-state index contributed by atoms with van der Waals surface area (Å²) in [6.07, 6.45) is 4.43. The van der Waals surface area contributed by atoms with Gasteiger partial charge in [0.05, 0.1) is 15.4 Å². The Labute approximate surface area is 183 Å². The molecule has 1 aliphatic rings. The van der Waals surface area contributed by atoms with Crippen molar-refractivity contribution >= 4 is 28.3 Å². The van der Waals surface area contributed by atoms with E-state index in [2.05, 4.69) is 16.9 Å². The number of benzene rings is 1. The monoisotopic (exact) mass is 435 g/mol. The number of amides is 1. The Morgan fingerprint density at radius 1 is 1.23 bits per heavy atom. The summed E-state index contributed by atoms with van der Waals surface area (Å²) in [5.41, 5.74) is 1.19. The number of carbonyl (C=O) groups is 1. The van der Waals surface area contributed by atoms with Crippen molar-refractivity contribution in [2.45, 2.75) is 38.6 Å². The SMILES string of the molecule is Cc1nc(C(=O)N2CCCCC2(C)c2cc3cccnc3o2)c(-c2ccc(F)cc2)s1. The number of aryl methyl sites for hydroxylation is 1. The Kier molecular flexibility index (Phi) is 4.85. The largest absolute Gasteiger partial charge is 0.440 e. The summed E-state index contributed by atoms with van der Waals surface area (Å²) in [4.78, 5) is 25.4. The number of rotatable bonds is 3. The van der Waals surface area contributed by atoms with Crippen LogP contribution in [0.4, 0.5) is 4.39 Å². The predicted molar refractivity (Wildman–Crippen MR) is 118 cm³/mol. The summed E-state index contributed by atoms with van der Waals surface area (Å²) in [5.74, 6) is 0.309. The zero-order valence-electron chi connectivity index (χ0n) is 17.4.